The Balaban J connectivity index is 1.41. The van der Waals surface area contributed by atoms with E-state index in [1.54, 1.807) is 0 Å². The Morgan fingerprint density at radius 2 is 2.00 bits per heavy atom. The predicted octanol–water partition coefficient (Wildman–Crippen LogP) is 2.26. The fourth-order valence-electron chi connectivity index (χ4n) is 3.14. The zero-order chi connectivity index (χ0) is 13.1. The van der Waals surface area contributed by atoms with Crippen LogP contribution in [0.2, 0.25) is 5.02 Å². The van der Waals surface area contributed by atoms with E-state index in [9.17, 15) is 0 Å². The molecular weight excluding hydrogens is 260 g/mol. The summed E-state index contributed by atoms with van der Waals surface area (Å²) in [5.74, 6) is 2.67. The van der Waals surface area contributed by atoms with Gasteiger partial charge in [0.25, 0.3) is 0 Å². The molecule has 2 atom stereocenters. The van der Waals surface area contributed by atoms with E-state index in [1.807, 2.05) is 24.3 Å². The summed E-state index contributed by atoms with van der Waals surface area (Å²) in [4.78, 5) is 2.53. The zero-order valence-corrected chi connectivity index (χ0v) is 11.9. The number of fused-ring (bicyclic) bond motifs is 1. The van der Waals surface area contributed by atoms with Gasteiger partial charge in [0.2, 0.25) is 0 Å². The Labute approximate surface area is 119 Å². The largest absolute Gasteiger partial charge is 0.492 e. The number of rotatable bonds is 4. The Morgan fingerprint density at radius 1 is 1.21 bits per heavy atom. The van der Waals surface area contributed by atoms with Gasteiger partial charge < -0.3 is 10.1 Å². The fraction of sp³-hybridized carbons (Fsp3) is 0.600. The minimum atomic E-state index is 0.753. The molecule has 1 N–H and O–H groups in total. The van der Waals surface area contributed by atoms with Crippen molar-refractivity contribution in [1.29, 1.82) is 0 Å². The molecule has 0 radical (unpaired) electrons. The highest BCUT2D eigenvalue weighted by molar-refractivity contribution is 6.30. The molecule has 4 heteroatoms. The van der Waals surface area contributed by atoms with Crippen molar-refractivity contribution >= 4 is 11.6 Å². The van der Waals surface area contributed by atoms with Crippen molar-refractivity contribution < 1.29 is 4.74 Å². The van der Waals surface area contributed by atoms with Crippen LogP contribution in [0.4, 0.5) is 0 Å². The van der Waals surface area contributed by atoms with Gasteiger partial charge in [-0.2, -0.15) is 0 Å². The third-order valence-corrected chi connectivity index (χ3v) is 4.53. The maximum atomic E-state index is 5.85. The molecule has 0 bridgehead atoms. The van der Waals surface area contributed by atoms with E-state index in [1.165, 1.54) is 32.6 Å². The van der Waals surface area contributed by atoms with Crippen LogP contribution < -0.4 is 10.1 Å². The lowest BCUT2D eigenvalue weighted by Gasteiger charge is -2.34. The monoisotopic (exact) mass is 280 g/mol. The lowest BCUT2D eigenvalue weighted by atomic mass is 9.89. The molecule has 0 spiro atoms. The van der Waals surface area contributed by atoms with Gasteiger partial charge in [-0.1, -0.05) is 11.6 Å². The van der Waals surface area contributed by atoms with E-state index < -0.39 is 0 Å². The van der Waals surface area contributed by atoms with Crippen molar-refractivity contribution in [1.82, 2.24) is 10.2 Å². The maximum absolute atomic E-state index is 5.85. The van der Waals surface area contributed by atoms with Crippen molar-refractivity contribution in [2.75, 3.05) is 39.3 Å². The Morgan fingerprint density at radius 3 is 2.84 bits per heavy atom. The second-order valence-corrected chi connectivity index (χ2v) is 6.01. The van der Waals surface area contributed by atoms with Crippen LogP contribution >= 0.6 is 11.6 Å². The van der Waals surface area contributed by atoms with E-state index >= 15 is 0 Å². The van der Waals surface area contributed by atoms with Gasteiger partial charge in [-0.25, -0.2) is 0 Å². The molecule has 1 aromatic carbocycles. The van der Waals surface area contributed by atoms with Gasteiger partial charge in [-0.3, -0.25) is 4.90 Å². The molecular formula is C15H21ClN2O. The van der Waals surface area contributed by atoms with E-state index in [0.717, 1.165) is 35.8 Å². The number of halogens is 1. The van der Waals surface area contributed by atoms with Gasteiger partial charge >= 0.3 is 0 Å². The topological polar surface area (TPSA) is 24.5 Å². The summed E-state index contributed by atoms with van der Waals surface area (Å²) in [6, 6.07) is 7.59. The van der Waals surface area contributed by atoms with Crippen LogP contribution in [-0.4, -0.2) is 44.2 Å². The normalized spacial score (nSPS) is 27.2. The predicted molar refractivity (Wildman–Crippen MR) is 77.9 cm³/mol. The summed E-state index contributed by atoms with van der Waals surface area (Å²) in [6.45, 7) is 6.63. The number of hydrogen-bond acceptors (Lipinski definition) is 3. The summed E-state index contributed by atoms with van der Waals surface area (Å²) in [5, 5.41) is 4.25. The van der Waals surface area contributed by atoms with Crippen LogP contribution in [-0.2, 0) is 0 Å². The Bertz CT molecular complexity index is 409. The molecule has 2 heterocycles. The lowest BCUT2D eigenvalue weighted by molar-refractivity contribution is 0.127. The number of nitrogens with zero attached hydrogens (tertiary/aromatic N) is 1. The molecule has 0 amide bonds. The van der Waals surface area contributed by atoms with Crippen molar-refractivity contribution in [3.8, 4) is 5.75 Å². The molecule has 3 rings (SSSR count). The lowest BCUT2D eigenvalue weighted by Crippen LogP contribution is -2.41. The molecule has 2 unspecified atom stereocenters. The van der Waals surface area contributed by atoms with Crippen LogP contribution in [0.15, 0.2) is 24.3 Å². The molecule has 19 heavy (non-hydrogen) atoms. The van der Waals surface area contributed by atoms with Crippen molar-refractivity contribution in [2.45, 2.75) is 6.42 Å². The Kier molecular flexibility index (Phi) is 4.26. The molecule has 104 valence electrons. The first-order chi connectivity index (χ1) is 9.31. The summed E-state index contributed by atoms with van der Waals surface area (Å²) >= 11 is 5.85. The van der Waals surface area contributed by atoms with Crippen LogP contribution in [0.5, 0.6) is 5.75 Å². The van der Waals surface area contributed by atoms with Gasteiger partial charge in [0, 0.05) is 18.1 Å². The fourth-order valence-corrected chi connectivity index (χ4v) is 3.26. The van der Waals surface area contributed by atoms with Gasteiger partial charge in [0.05, 0.1) is 0 Å². The van der Waals surface area contributed by atoms with Crippen molar-refractivity contribution in [3.05, 3.63) is 29.3 Å². The first-order valence-corrected chi connectivity index (χ1v) is 7.50. The number of likely N-dealkylation sites (tertiary alicyclic amines) is 1. The first kappa shape index (κ1) is 13.2. The van der Waals surface area contributed by atoms with E-state index in [0.29, 0.717) is 0 Å². The SMILES string of the molecule is Clc1ccc(OCCN2CCC3CNCC3C2)cc1. The minimum Gasteiger partial charge on any atom is -0.492 e. The zero-order valence-electron chi connectivity index (χ0n) is 11.1. The van der Waals surface area contributed by atoms with Gasteiger partial charge in [0.15, 0.2) is 0 Å². The highest BCUT2D eigenvalue weighted by Crippen LogP contribution is 2.26. The third-order valence-electron chi connectivity index (χ3n) is 4.28. The van der Waals surface area contributed by atoms with Gasteiger partial charge in [0.1, 0.15) is 12.4 Å². The summed E-state index contributed by atoms with van der Waals surface area (Å²) in [5.41, 5.74) is 0. The number of nitrogens with one attached hydrogen (secondary N) is 1. The number of hydrogen-bond donors (Lipinski definition) is 1. The van der Waals surface area contributed by atoms with Gasteiger partial charge in [-0.05, 0) is 62.2 Å². The molecule has 0 aromatic heterocycles. The van der Waals surface area contributed by atoms with Crippen LogP contribution in [0.25, 0.3) is 0 Å². The van der Waals surface area contributed by atoms with E-state index in [2.05, 4.69) is 10.2 Å². The first-order valence-electron chi connectivity index (χ1n) is 7.13. The highest BCUT2D eigenvalue weighted by Gasteiger charge is 2.32. The molecule has 2 fully saturated rings. The van der Waals surface area contributed by atoms with E-state index in [4.69, 9.17) is 16.3 Å². The quantitative estimate of drug-likeness (QED) is 0.916. The highest BCUT2D eigenvalue weighted by atomic mass is 35.5. The number of benzene rings is 1. The Hall–Kier alpha value is -0.770. The molecule has 2 saturated heterocycles. The van der Waals surface area contributed by atoms with Crippen LogP contribution in [0, 0.1) is 11.8 Å². The second kappa shape index (κ2) is 6.12. The summed E-state index contributed by atoms with van der Waals surface area (Å²) < 4.78 is 5.76. The minimum absolute atomic E-state index is 0.753. The molecule has 1 aromatic rings. The van der Waals surface area contributed by atoms with Gasteiger partial charge in [-0.15, -0.1) is 0 Å². The average molecular weight is 281 g/mol. The third kappa shape index (κ3) is 3.41. The van der Waals surface area contributed by atoms with Crippen molar-refractivity contribution in [2.24, 2.45) is 11.8 Å². The molecule has 0 saturated carbocycles. The maximum Gasteiger partial charge on any atom is 0.119 e. The molecule has 3 nitrogen and oxygen atoms in total. The number of ether oxygens (including phenoxy) is 1. The standard InChI is InChI=1S/C15H21ClN2O/c16-14-1-3-15(4-2-14)19-8-7-18-6-5-12-9-17-10-13(12)11-18/h1-4,12-13,17H,5-11H2. The molecule has 0 aliphatic carbocycles. The van der Waals surface area contributed by atoms with Crippen LogP contribution in [0.3, 0.4) is 0 Å². The molecule has 2 aliphatic heterocycles. The smallest absolute Gasteiger partial charge is 0.119 e. The van der Waals surface area contributed by atoms with E-state index in [-0.39, 0.29) is 0 Å². The number of piperidine rings is 1. The summed E-state index contributed by atoms with van der Waals surface area (Å²) in [6.07, 6.45) is 1.33. The van der Waals surface area contributed by atoms with Crippen LogP contribution in [0.1, 0.15) is 6.42 Å². The van der Waals surface area contributed by atoms with Crippen molar-refractivity contribution in [3.63, 3.8) is 0 Å². The average Bonchev–Trinajstić information content (AvgIpc) is 2.88. The second-order valence-electron chi connectivity index (χ2n) is 5.57. The molecule has 2 aliphatic rings. The summed E-state index contributed by atoms with van der Waals surface area (Å²) in [7, 11) is 0.